The van der Waals surface area contributed by atoms with Crippen LogP contribution in [0.4, 0.5) is 4.39 Å². The fraction of sp³-hybridized carbons (Fsp3) is 0.158. The molecular formula is C19H17FN4O3. The van der Waals surface area contributed by atoms with Gasteiger partial charge in [-0.25, -0.2) is 4.39 Å². The molecule has 3 rings (SSSR count). The molecule has 0 fully saturated rings. The van der Waals surface area contributed by atoms with Gasteiger partial charge in [-0.1, -0.05) is 35.0 Å². The molecule has 0 aliphatic carbocycles. The van der Waals surface area contributed by atoms with Crippen LogP contribution in [0.5, 0.6) is 0 Å². The summed E-state index contributed by atoms with van der Waals surface area (Å²) in [4.78, 5) is 27.9. The topological polar surface area (TPSA) is 97.1 Å². The number of carbonyl (C=O) groups is 2. The molecule has 0 aliphatic heterocycles. The Morgan fingerprint density at radius 2 is 1.78 bits per heavy atom. The highest BCUT2D eigenvalue weighted by Crippen LogP contribution is 2.18. The van der Waals surface area contributed by atoms with E-state index in [-0.39, 0.29) is 36.3 Å². The maximum Gasteiger partial charge on any atom is 0.316 e. The second kappa shape index (κ2) is 8.22. The minimum atomic E-state index is -0.602. The summed E-state index contributed by atoms with van der Waals surface area (Å²) in [5.74, 6) is -1.63. The largest absolute Gasteiger partial charge is 0.350 e. The Balaban J connectivity index is 1.50. The van der Waals surface area contributed by atoms with E-state index in [1.165, 1.54) is 18.2 Å². The van der Waals surface area contributed by atoms with Crippen LogP contribution < -0.4 is 10.6 Å². The van der Waals surface area contributed by atoms with E-state index in [4.69, 9.17) is 4.52 Å². The number of hydrogen-bond donors (Lipinski definition) is 2. The molecule has 0 saturated carbocycles. The number of rotatable bonds is 6. The predicted molar refractivity (Wildman–Crippen MR) is 95.5 cm³/mol. The van der Waals surface area contributed by atoms with Gasteiger partial charge in [-0.2, -0.15) is 4.98 Å². The summed E-state index contributed by atoms with van der Waals surface area (Å²) in [5, 5.41) is 8.87. The first kappa shape index (κ1) is 18.2. The van der Waals surface area contributed by atoms with Crippen molar-refractivity contribution in [1.29, 1.82) is 0 Å². The Morgan fingerprint density at radius 1 is 1.04 bits per heavy atom. The molecule has 0 radical (unpaired) electrons. The summed E-state index contributed by atoms with van der Waals surface area (Å²) < 4.78 is 18.6. The molecule has 2 amide bonds. The van der Waals surface area contributed by atoms with Gasteiger partial charge in [0.05, 0.1) is 5.56 Å². The molecule has 0 bridgehead atoms. The fourth-order valence-corrected chi connectivity index (χ4v) is 2.38. The lowest BCUT2D eigenvalue weighted by atomic mass is 10.1. The van der Waals surface area contributed by atoms with E-state index in [0.717, 1.165) is 5.56 Å². The minimum Gasteiger partial charge on any atom is -0.350 e. The van der Waals surface area contributed by atoms with Crippen molar-refractivity contribution < 1.29 is 18.5 Å². The highest BCUT2D eigenvalue weighted by Gasteiger charge is 2.17. The van der Waals surface area contributed by atoms with Crippen molar-refractivity contribution in [3.63, 3.8) is 0 Å². The maximum absolute atomic E-state index is 13.7. The molecule has 7 nitrogen and oxygen atoms in total. The average molecular weight is 368 g/mol. The van der Waals surface area contributed by atoms with Gasteiger partial charge < -0.3 is 15.2 Å². The highest BCUT2D eigenvalue weighted by atomic mass is 19.1. The van der Waals surface area contributed by atoms with Crippen molar-refractivity contribution in [2.45, 2.75) is 6.92 Å². The lowest BCUT2D eigenvalue weighted by Crippen LogP contribution is -2.34. The monoisotopic (exact) mass is 368 g/mol. The maximum atomic E-state index is 13.7. The summed E-state index contributed by atoms with van der Waals surface area (Å²) in [6.07, 6.45) is 0. The summed E-state index contributed by atoms with van der Waals surface area (Å²) in [5.41, 5.74) is 1.68. The molecule has 1 heterocycles. The van der Waals surface area contributed by atoms with Gasteiger partial charge in [-0.05, 0) is 31.2 Å². The third-order valence-electron chi connectivity index (χ3n) is 3.71. The average Bonchev–Trinajstić information content (AvgIpc) is 3.15. The van der Waals surface area contributed by atoms with Crippen LogP contribution in [-0.4, -0.2) is 35.0 Å². The molecule has 0 spiro atoms. The minimum absolute atomic E-state index is 0.00833. The van der Waals surface area contributed by atoms with Gasteiger partial charge in [0, 0.05) is 18.7 Å². The Kier molecular flexibility index (Phi) is 5.55. The van der Waals surface area contributed by atoms with Crippen LogP contribution in [0.2, 0.25) is 0 Å². The summed E-state index contributed by atoms with van der Waals surface area (Å²) >= 11 is 0. The first-order chi connectivity index (χ1) is 13.0. The second-order valence-electron chi connectivity index (χ2n) is 5.78. The molecule has 0 unspecified atom stereocenters. The molecule has 2 aromatic carbocycles. The van der Waals surface area contributed by atoms with Crippen LogP contribution in [0.3, 0.4) is 0 Å². The second-order valence-corrected chi connectivity index (χ2v) is 5.78. The van der Waals surface area contributed by atoms with Gasteiger partial charge in [0.1, 0.15) is 5.82 Å². The van der Waals surface area contributed by atoms with E-state index >= 15 is 0 Å². The summed E-state index contributed by atoms with van der Waals surface area (Å²) in [7, 11) is 0. The molecule has 1 aromatic heterocycles. The van der Waals surface area contributed by atoms with E-state index in [1.807, 2.05) is 13.0 Å². The number of aromatic nitrogens is 2. The van der Waals surface area contributed by atoms with E-state index in [0.29, 0.717) is 5.56 Å². The van der Waals surface area contributed by atoms with Crippen LogP contribution in [0.15, 0.2) is 53.1 Å². The van der Waals surface area contributed by atoms with E-state index < -0.39 is 11.7 Å². The van der Waals surface area contributed by atoms with Gasteiger partial charge >= 0.3 is 11.8 Å². The highest BCUT2D eigenvalue weighted by molar-refractivity contribution is 5.94. The standard InChI is InChI=1S/C19H17FN4O3/c1-12-5-4-6-13(11-12)17(25)21-9-10-22-18(26)19-23-16(24-27-19)14-7-2-3-8-15(14)20/h2-8,11H,9-10H2,1H3,(H,21,25)(H,22,26). The Labute approximate surface area is 154 Å². The van der Waals surface area contributed by atoms with E-state index in [2.05, 4.69) is 20.8 Å². The number of carbonyl (C=O) groups excluding carboxylic acids is 2. The number of aryl methyl sites for hydroxylation is 1. The predicted octanol–water partition coefficient (Wildman–Crippen LogP) is 2.34. The molecule has 0 aliphatic rings. The lowest BCUT2D eigenvalue weighted by Gasteiger charge is -2.06. The van der Waals surface area contributed by atoms with Gasteiger partial charge in [0.15, 0.2) is 0 Å². The Bertz CT molecular complexity index is 971. The number of hydrogen-bond acceptors (Lipinski definition) is 5. The van der Waals surface area contributed by atoms with Gasteiger partial charge in [0.2, 0.25) is 5.82 Å². The van der Waals surface area contributed by atoms with Gasteiger partial charge in [-0.15, -0.1) is 0 Å². The van der Waals surface area contributed by atoms with Crippen LogP contribution in [0, 0.1) is 12.7 Å². The van der Waals surface area contributed by atoms with Crippen LogP contribution >= 0.6 is 0 Å². The third kappa shape index (κ3) is 4.55. The van der Waals surface area contributed by atoms with Crippen molar-refractivity contribution in [2.24, 2.45) is 0 Å². The zero-order valence-corrected chi connectivity index (χ0v) is 14.5. The number of amides is 2. The molecule has 2 N–H and O–H groups in total. The smallest absolute Gasteiger partial charge is 0.316 e. The first-order valence-electron chi connectivity index (χ1n) is 8.26. The van der Waals surface area contributed by atoms with Crippen LogP contribution in [-0.2, 0) is 0 Å². The van der Waals surface area contributed by atoms with Crippen molar-refractivity contribution in [3.8, 4) is 11.4 Å². The lowest BCUT2D eigenvalue weighted by molar-refractivity contribution is 0.0898. The molecule has 27 heavy (non-hydrogen) atoms. The molecule has 0 atom stereocenters. The van der Waals surface area contributed by atoms with Gasteiger partial charge in [0.25, 0.3) is 5.91 Å². The molecular weight excluding hydrogens is 351 g/mol. The SMILES string of the molecule is Cc1cccc(C(=O)NCCNC(=O)c2nc(-c3ccccc3F)no2)c1. The van der Waals surface area contributed by atoms with E-state index in [1.54, 1.807) is 24.3 Å². The molecule has 0 saturated heterocycles. The number of nitrogens with zero attached hydrogens (tertiary/aromatic N) is 2. The number of benzene rings is 2. The molecule has 8 heteroatoms. The summed E-state index contributed by atoms with van der Waals surface area (Å²) in [6, 6.07) is 13.1. The zero-order chi connectivity index (χ0) is 19.2. The number of halogens is 1. The number of nitrogens with one attached hydrogen (secondary N) is 2. The van der Waals surface area contributed by atoms with Crippen molar-refractivity contribution in [2.75, 3.05) is 13.1 Å². The third-order valence-corrected chi connectivity index (χ3v) is 3.71. The zero-order valence-electron chi connectivity index (χ0n) is 14.5. The molecule has 3 aromatic rings. The quantitative estimate of drug-likeness (QED) is 0.651. The first-order valence-corrected chi connectivity index (χ1v) is 8.26. The fourth-order valence-electron chi connectivity index (χ4n) is 2.38. The summed E-state index contributed by atoms with van der Waals surface area (Å²) in [6.45, 7) is 2.30. The van der Waals surface area contributed by atoms with Gasteiger partial charge in [-0.3, -0.25) is 9.59 Å². The Hall–Kier alpha value is -3.55. The molecule has 138 valence electrons. The van der Waals surface area contributed by atoms with Crippen LogP contribution in [0.1, 0.15) is 26.6 Å². The van der Waals surface area contributed by atoms with Crippen LogP contribution in [0.25, 0.3) is 11.4 Å². The normalized spacial score (nSPS) is 10.4. The van der Waals surface area contributed by atoms with Crippen molar-refractivity contribution >= 4 is 11.8 Å². The van der Waals surface area contributed by atoms with Crippen molar-refractivity contribution in [1.82, 2.24) is 20.8 Å². The Morgan fingerprint density at radius 3 is 2.52 bits per heavy atom. The van der Waals surface area contributed by atoms with Crippen molar-refractivity contribution in [3.05, 3.63) is 71.4 Å². The van der Waals surface area contributed by atoms with E-state index in [9.17, 15) is 14.0 Å².